The number of fused-ring (bicyclic) bond motifs is 2. The lowest BCUT2D eigenvalue weighted by Crippen LogP contribution is -2.37. The van der Waals surface area contributed by atoms with Gasteiger partial charge in [0.2, 0.25) is 0 Å². The number of nitrogens with one attached hydrogen (secondary N) is 1. The highest BCUT2D eigenvalue weighted by Gasteiger charge is 2.34. The van der Waals surface area contributed by atoms with Crippen LogP contribution in [0.25, 0.3) is 0 Å². The zero-order valence-corrected chi connectivity index (χ0v) is 17.3. The number of halogens is 2. The Labute approximate surface area is 174 Å². The lowest BCUT2D eigenvalue weighted by atomic mass is 10.1. The molecule has 2 bridgehead atoms. The van der Waals surface area contributed by atoms with Crippen LogP contribution in [0, 0.1) is 0 Å². The van der Waals surface area contributed by atoms with Gasteiger partial charge >= 0.3 is 0 Å². The number of benzene rings is 1. The molecular formula is C20H30Cl2N4O. The van der Waals surface area contributed by atoms with Gasteiger partial charge in [0.05, 0.1) is 12.9 Å². The number of aromatic nitrogens is 2. The standard InChI is InChI=1S/C20H28N4O.2ClH/c1-3-17(15-24-18-5-6-19(24)14-21-8-7-18)13-20(4-1)25-12-2-10-23-11-9-22-16-23;;/h1,3-4,9,11,13,16,18-19,21H,2,5-8,10,12,14-15H2;2*1H/t18-,19+;;/m1../s1. The smallest absolute Gasteiger partial charge is 0.119 e. The van der Waals surface area contributed by atoms with Crippen LogP contribution < -0.4 is 10.1 Å². The predicted octanol–water partition coefficient (Wildman–Crippen LogP) is 3.52. The molecule has 0 spiro atoms. The molecule has 0 aliphatic carbocycles. The van der Waals surface area contributed by atoms with E-state index in [0.29, 0.717) is 6.04 Å². The van der Waals surface area contributed by atoms with Gasteiger partial charge in [-0.2, -0.15) is 0 Å². The minimum Gasteiger partial charge on any atom is -0.494 e. The number of imidazole rings is 1. The lowest BCUT2D eigenvalue weighted by molar-refractivity contribution is 0.193. The zero-order valence-electron chi connectivity index (χ0n) is 15.6. The van der Waals surface area contributed by atoms with E-state index >= 15 is 0 Å². The van der Waals surface area contributed by atoms with E-state index in [9.17, 15) is 0 Å². The highest BCUT2D eigenvalue weighted by atomic mass is 35.5. The molecular weight excluding hydrogens is 383 g/mol. The molecule has 7 heteroatoms. The summed E-state index contributed by atoms with van der Waals surface area (Å²) in [6.07, 6.45) is 10.6. The van der Waals surface area contributed by atoms with Gasteiger partial charge in [0.1, 0.15) is 5.75 Å². The molecule has 1 N–H and O–H groups in total. The largest absolute Gasteiger partial charge is 0.494 e. The van der Waals surface area contributed by atoms with E-state index in [-0.39, 0.29) is 24.8 Å². The quantitative estimate of drug-likeness (QED) is 0.706. The molecule has 2 aliphatic heterocycles. The van der Waals surface area contributed by atoms with Crippen LogP contribution >= 0.6 is 24.8 Å². The summed E-state index contributed by atoms with van der Waals surface area (Å²) in [5, 5.41) is 3.58. The van der Waals surface area contributed by atoms with Gasteiger partial charge in [-0.25, -0.2) is 4.98 Å². The molecule has 0 amide bonds. The number of aryl methyl sites for hydroxylation is 1. The second kappa shape index (κ2) is 10.9. The van der Waals surface area contributed by atoms with E-state index in [0.717, 1.165) is 51.0 Å². The normalized spacial score (nSPS) is 21.8. The van der Waals surface area contributed by atoms with Crippen molar-refractivity contribution in [3.8, 4) is 5.75 Å². The Morgan fingerprint density at radius 2 is 2.04 bits per heavy atom. The van der Waals surface area contributed by atoms with Gasteiger partial charge < -0.3 is 14.6 Å². The molecule has 3 heterocycles. The average molecular weight is 413 g/mol. The monoisotopic (exact) mass is 412 g/mol. The first kappa shape index (κ1) is 22.0. The third-order valence-corrected chi connectivity index (χ3v) is 5.46. The van der Waals surface area contributed by atoms with Crippen molar-refractivity contribution in [3.05, 3.63) is 48.5 Å². The van der Waals surface area contributed by atoms with E-state index in [1.807, 2.05) is 18.7 Å². The van der Waals surface area contributed by atoms with Gasteiger partial charge in [-0.05, 0) is 49.9 Å². The van der Waals surface area contributed by atoms with Gasteiger partial charge in [-0.3, -0.25) is 4.90 Å². The molecule has 27 heavy (non-hydrogen) atoms. The van der Waals surface area contributed by atoms with Crippen molar-refractivity contribution in [1.82, 2.24) is 19.8 Å². The van der Waals surface area contributed by atoms with E-state index in [2.05, 4.69) is 44.0 Å². The molecule has 2 atom stereocenters. The molecule has 1 aromatic heterocycles. The first-order valence-electron chi connectivity index (χ1n) is 9.52. The van der Waals surface area contributed by atoms with Crippen molar-refractivity contribution in [2.75, 3.05) is 19.7 Å². The maximum atomic E-state index is 5.96. The topological polar surface area (TPSA) is 42.3 Å². The second-order valence-electron chi connectivity index (χ2n) is 7.20. The fraction of sp³-hybridized carbons (Fsp3) is 0.550. The Bertz CT molecular complexity index is 654. The SMILES string of the molecule is Cl.Cl.c1cc(CN2[C@H]3CCNC[C@@H]2CC3)cc(OCCCn2ccnc2)c1. The number of hydrogen-bond acceptors (Lipinski definition) is 4. The summed E-state index contributed by atoms with van der Waals surface area (Å²) in [6, 6.07) is 10.1. The molecule has 5 nitrogen and oxygen atoms in total. The Kier molecular flexibility index (Phi) is 8.90. The van der Waals surface area contributed by atoms with Gasteiger partial charge in [-0.15, -0.1) is 24.8 Å². The highest BCUT2D eigenvalue weighted by molar-refractivity contribution is 5.85. The molecule has 2 fully saturated rings. The number of nitrogens with zero attached hydrogens (tertiary/aromatic N) is 3. The molecule has 2 saturated heterocycles. The number of ether oxygens (including phenoxy) is 1. The van der Waals surface area contributed by atoms with E-state index in [1.54, 1.807) is 0 Å². The Morgan fingerprint density at radius 3 is 2.89 bits per heavy atom. The Hall–Kier alpha value is -1.27. The van der Waals surface area contributed by atoms with Crippen LogP contribution in [0.1, 0.15) is 31.2 Å². The summed E-state index contributed by atoms with van der Waals surface area (Å²) < 4.78 is 8.05. The Balaban J connectivity index is 0.00000131. The van der Waals surface area contributed by atoms with Crippen molar-refractivity contribution >= 4 is 24.8 Å². The minimum absolute atomic E-state index is 0. The summed E-state index contributed by atoms with van der Waals surface area (Å²) >= 11 is 0. The summed E-state index contributed by atoms with van der Waals surface area (Å²) in [5.41, 5.74) is 1.37. The van der Waals surface area contributed by atoms with Crippen molar-refractivity contribution in [1.29, 1.82) is 0 Å². The molecule has 2 aromatic rings. The number of rotatable bonds is 7. The fourth-order valence-electron chi connectivity index (χ4n) is 4.14. The van der Waals surface area contributed by atoms with Crippen molar-refractivity contribution in [2.45, 2.75) is 50.9 Å². The zero-order chi connectivity index (χ0) is 16.9. The highest BCUT2D eigenvalue weighted by Crippen LogP contribution is 2.30. The maximum absolute atomic E-state index is 5.96. The first-order chi connectivity index (χ1) is 12.4. The van der Waals surface area contributed by atoms with Gasteiger partial charge in [-0.1, -0.05) is 12.1 Å². The van der Waals surface area contributed by atoms with Crippen LogP contribution in [0.2, 0.25) is 0 Å². The summed E-state index contributed by atoms with van der Waals surface area (Å²) in [4.78, 5) is 6.77. The average Bonchev–Trinajstić information content (AvgIpc) is 3.20. The summed E-state index contributed by atoms with van der Waals surface area (Å²) in [6.45, 7) is 5.03. The molecule has 4 rings (SSSR count). The van der Waals surface area contributed by atoms with Crippen LogP contribution in [-0.2, 0) is 13.1 Å². The van der Waals surface area contributed by atoms with Gasteiger partial charge in [0.15, 0.2) is 0 Å². The summed E-state index contributed by atoms with van der Waals surface area (Å²) in [5.74, 6) is 0.989. The van der Waals surface area contributed by atoms with Crippen molar-refractivity contribution < 1.29 is 4.74 Å². The van der Waals surface area contributed by atoms with Crippen LogP contribution in [-0.4, -0.2) is 46.2 Å². The molecule has 0 unspecified atom stereocenters. The molecule has 150 valence electrons. The van der Waals surface area contributed by atoms with Crippen LogP contribution in [0.15, 0.2) is 43.0 Å². The first-order valence-corrected chi connectivity index (χ1v) is 9.52. The van der Waals surface area contributed by atoms with E-state index < -0.39 is 0 Å². The predicted molar refractivity (Wildman–Crippen MR) is 113 cm³/mol. The lowest BCUT2D eigenvalue weighted by Gasteiger charge is -2.27. The van der Waals surface area contributed by atoms with Crippen molar-refractivity contribution in [2.24, 2.45) is 0 Å². The minimum atomic E-state index is 0. The maximum Gasteiger partial charge on any atom is 0.119 e. The molecule has 2 aliphatic rings. The summed E-state index contributed by atoms with van der Waals surface area (Å²) in [7, 11) is 0. The molecule has 0 saturated carbocycles. The van der Waals surface area contributed by atoms with Crippen LogP contribution in [0.4, 0.5) is 0 Å². The van der Waals surface area contributed by atoms with Crippen molar-refractivity contribution in [3.63, 3.8) is 0 Å². The van der Waals surface area contributed by atoms with E-state index in [4.69, 9.17) is 4.74 Å². The van der Waals surface area contributed by atoms with E-state index in [1.165, 1.54) is 24.8 Å². The van der Waals surface area contributed by atoms with Crippen LogP contribution in [0.3, 0.4) is 0 Å². The molecule has 1 aromatic carbocycles. The third-order valence-electron chi connectivity index (χ3n) is 5.46. The molecule has 0 radical (unpaired) electrons. The van der Waals surface area contributed by atoms with Gasteiger partial charge in [0, 0.05) is 44.1 Å². The second-order valence-corrected chi connectivity index (χ2v) is 7.20. The third kappa shape index (κ3) is 5.85. The Morgan fingerprint density at radius 1 is 1.15 bits per heavy atom. The number of hydrogen-bond donors (Lipinski definition) is 1. The van der Waals surface area contributed by atoms with Gasteiger partial charge in [0.25, 0.3) is 0 Å². The fourth-order valence-corrected chi connectivity index (χ4v) is 4.14. The van der Waals surface area contributed by atoms with Crippen LogP contribution in [0.5, 0.6) is 5.75 Å².